The van der Waals surface area contributed by atoms with Gasteiger partial charge in [0.25, 0.3) is 0 Å². The Bertz CT molecular complexity index is 1350. The molecule has 1 aromatic carbocycles. The minimum absolute atomic E-state index is 0.110. The zero-order valence-corrected chi connectivity index (χ0v) is 24.6. The lowest BCUT2D eigenvalue weighted by molar-refractivity contribution is -0.345. The number of aliphatic hydroxyl groups is 3. The fourth-order valence-corrected chi connectivity index (χ4v) is 7.91. The Hall–Kier alpha value is -3.12. The first-order valence-electron chi connectivity index (χ1n) is 14.1. The molecule has 0 spiro atoms. The van der Waals surface area contributed by atoms with E-state index in [0.29, 0.717) is 5.57 Å². The minimum atomic E-state index is -2.11. The molecular formula is C31H38O11. The molecule has 1 saturated heterocycles. The van der Waals surface area contributed by atoms with E-state index in [-0.39, 0.29) is 30.6 Å². The zero-order valence-electron chi connectivity index (χ0n) is 24.6. The van der Waals surface area contributed by atoms with Gasteiger partial charge in [-0.2, -0.15) is 0 Å². The predicted octanol–water partition coefficient (Wildman–Crippen LogP) is 1.65. The maximum absolute atomic E-state index is 14.8. The molecule has 3 fully saturated rings. The SMILES string of the molecule is CC(=O)O[C@@H]1C(=O)[C@]2(C)[C@H](O)C[C@@H]3OC[C@]3(OC(C)=O)[C@@H]2[C@H](OC(=O)c2ccccc2)[C@@]2(O)C[C@@H](O)C(C)=C1C2(C)C. The molecule has 0 radical (unpaired) electrons. The number of aliphatic hydroxyl groups excluding tert-OH is 2. The molecule has 9 atom stereocenters. The van der Waals surface area contributed by atoms with Crippen molar-refractivity contribution in [2.24, 2.45) is 16.7 Å². The van der Waals surface area contributed by atoms with E-state index in [1.54, 1.807) is 39.0 Å². The maximum Gasteiger partial charge on any atom is 0.338 e. The van der Waals surface area contributed by atoms with Crippen LogP contribution >= 0.6 is 0 Å². The van der Waals surface area contributed by atoms with Gasteiger partial charge >= 0.3 is 17.9 Å². The van der Waals surface area contributed by atoms with Gasteiger partial charge in [-0.15, -0.1) is 0 Å². The Labute approximate surface area is 243 Å². The van der Waals surface area contributed by atoms with Crippen LogP contribution in [0.15, 0.2) is 41.5 Å². The van der Waals surface area contributed by atoms with Crippen LogP contribution in [0, 0.1) is 16.7 Å². The number of esters is 3. The Morgan fingerprint density at radius 3 is 2.19 bits per heavy atom. The summed E-state index contributed by atoms with van der Waals surface area (Å²) in [5, 5.41) is 35.8. The number of carbonyl (C=O) groups is 4. The number of hydrogen-bond donors (Lipinski definition) is 3. The monoisotopic (exact) mass is 586 g/mol. The summed E-state index contributed by atoms with van der Waals surface area (Å²) in [6.45, 7) is 8.42. The van der Waals surface area contributed by atoms with E-state index >= 15 is 0 Å². The highest BCUT2D eigenvalue weighted by Gasteiger charge is 2.78. The van der Waals surface area contributed by atoms with E-state index in [0.717, 1.165) is 6.92 Å². The van der Waals surface area contributed by atoms with Gasteiger partial charge in [0, 0.05) is 32.1 Å². The Kier molecular flexibility index (Phi) is 7.20. The highest BCUT2D eigenvalue weighted by atomic mass is 16.6. The average Bonchev–Trinajstić information content (AvgIpc) is 2.90. The number of fused-ring (bicyclic) bond motifs is 5. The summed E-state index contributed by atoms with van der Waals surface area (Å²) in [4.78, 5) is 53.4. The second-order valence-corrected chi connectivity index (χ2v) is 12.8. The highest BCUT2D eigenvalue weighted by Crippen LogP contribution is 2.64. The Balaban J connectivity index is 1.84. The lowest BCUT2D eigenvalue weighted by atomic mass is 9.44. The van der Waals surface area contributed by atoms with Crippen molar-refractivity contribution in [3.05, 3.63) is 47.0 Å². The molecule has 3 N–H and O–H groups in total. The molecule has 1 aliphatic heterocycles. The molecule has 5 rings (SSSR count). The minimum Gasteiger partial charge on any atom is -0.455 e. The van der Waals surface area contributed by atoms with Gasteiger partial charge in [-0.05, 0) is 37.1 Å². The first-order chi connectivity index (χ1) is 19.5. The molecule has 1 heterocycles. The summed E-state index contributed by atoms with van der Waals surface area (Å²) < 4.78 is 23.5. The normalized spacial score (nSPS) is 40.4. The van der Waals surface area contributed by atoms with Crippen molar-refractivity contribution in [2.45, 2.75) is 96.1 Å². The van der Waals surface area contributed by atoms with Crippen LogP contribution in [0.2, 0.25) is 0 Å². The molecule has 4 aliphatic rings. The van der Waals surface area contributed by atoms with E-state index in [9.17, 15) is 34.5 Å². The first kappa shape index (κ1) is 30.3. The molecule has 228 valence electrons. The molecule has 42 heavy (non-hydrogen) atoms. The predicted molar refractivity (Wildman–Crippen MR) is 145 cm³/mol. The van der Waals surface area contributed by atoms with Crippen LogP contribution < -0.4 is 0 Å². The van der Waals surface area contributed by atoms with Gasteiger partial charge in [-0.3, -0.25) is 14.4 Å². The third-order valence-corrected chi connectivity index (χ3v) is 10.2. The van der Waals surface area contributed by atoms with Gasteiger partial charge in [-0.25, -0.2) is 4.79 Å². The average molecular weight is 587 g/mol. The van der Waals surface area contributed by atoms with Crippen LogP contribution in [0.25, 0.3) is 0 Å². The summed E-state index contributed by atoms with van der Waals surface area (Å²) in [6.07, 6.45) is -7.27. The van der Waals surface area contributed by atoms with E-state index in [2.05, 4.69) is 0 Å². The van der Waals surface area contributed by atoms with Crippen molar-refractivity contribution < 1.29 is 53.4 Å². The zero-order chi connectivity index (χ0) is 31.0. The van der Waals surface area contributed by atoms with Crippen molar-refractivity contribution in [1.82, 2.24) is 0 Å². The van der Waals surface area contributed by atoms with Crippen LogP contribution in [0.4, 0.5) is 0 Å². The van der Waals surface area contributed by atoms with Crippen molar-refractivity contribution in [3.8, 4) is 0 Å². The summed E-state index contributed by atoms with van der Waals surface area (Å²) >= 11 is 0. The molecule has 1 aromatic rings. The molecule has 3 aliphatic carbocycles. The van der Waals surface area contributed by atoms with E-state index < -0.39 is 82.2 Å². The summed E-state index contributed by atoms with van der Waals surface area (Å²) in [5.41, 5.74) is -6.38. The number of carbonyl (C=O) groups excluding carboxylic acids is 4. The second-order valence-electron chi connectivity index (χ2n) is 12.8. The van der Waals surface area contributed by atoms with Crippen LogP contribution in [-0.2, 0) is 33.3 Å². The van der Waals surface area contributed by atoms with E-state index in [4.69, 9.17) is 18.9 Å². The summed E-state index contributed by atoms with van der Waals surface area (Å²) in [6, 6.07) is 8.05. The molecule has 0 amide bonds. The van der Waals surface area contributed by atoms with Crippen molar-refractivity contribution >= 4 is 23.7 Å². The van der Waals surface area contributed by atoms with Gasteiger partial charge in [0.2, 0.25) is 0 Å². The standard InChI is InChI=1S/C31H38O11/c1-15-19(34)13-31(38)26(41-27(37)18-10-8-7-9-11-18)24-29(6,20(35)12-21-30(24,14-39-21)42-17(3)33)25(36)23(40-16(2)32)22(15)28(31,4)5/h7-11,19-21,23-24,26,34-35,38H,12-14H2,1-6H3/t19-,20-,21+,23+,24-,26+,29-,30-,31+/m1/s1. The van der Waals surface area contributed by atoms with E-state index in [1.807, 2.05) is 0 Å². The molecule has 11 heteroatoms. The molecule has 0 unspecified atom stereocenters. The number of rotatable bonds is 4. The van der Waals surface area contributed by atoms with Gasteiger partial charge in [0.05, 0.1) is 35.7 Å². The maximum atomic E-state index is 14.8. The first-order valence-corrected chi connectivity index (χ1v) is 14.1. The third-order valence-electron chi connectivity index (χ3n) is 10.2. The van der Waals surface area contributed by atoms with Gasteiger partial charge in [-0.1, -0.05) is 32.0 Å². The van der Waals surface area contributed by atoms with Crippen LogP contribution in [0.1, 0.15) is 64.7 Å². The molecule has 0 aromatic heterocycles. The van der Waals surface area contributed by atoms with Crippen molar-refractivity contribution in [3.63, 3.8) is 0 Å². The molecule has 11 nitrogen and oxygen atoms in total. The summed E-state index contributed by atoms with van der Waals surface area (Å²) in [7, 11) is 0. The van der Waals surface area contributed by atoms with Gasteiger partial charge in [0.15, 0.2) is 17.5 Å². The fraction of sp³-hybridized carbons (Fsp3) is 0.613. The molecule has 2 saturated carbocycles. The fourth-order valence-electron chi connectivity index (χ4n) is 7.91. The topological polar surface area (TPSA) is 166 Å². The number of ether oxygens (including phenoxy) is 4. The van der Waals surface area contributed by atoms with Crippen LogP contribution in [0.5, 0.6) is 0 Å². The van der Waals surface area contributed by atoms with Gasteiger partial charge < -0.3 is 34.3 Å². The second kappa shape index (κ2) is 9.97. The number of hydrogen-bond acceptors (Lipinski definition) is 11. The quantitative estimate of drug-likeness (QED) is 0.267. The number of Topliss-reactive ketones (excluding diaryl/α,β-unsaturated/α-hetero) is 1. The smallest absolute Gasteiger partial charge is 0.338 e. The van der Waals surface area contributed by atoms with E-state index in [1.165, 1.54) is 26.0 Å². The Morgan fingerprint density at radius 2 is 1.64 bits per heavy atom. The lowest BCUT2D eigenvalue weighted by Crippen LogP contribution is -2.81. The van der Waals surface area contributed by atoms with Crippen LogP contribution in [-0.4, -0.2) is 87.3 Å². The highest BCUT2D eigenvalue weighted by molar-refractivity contribution is 5.95. The van der Waals surface area contributed by atoms with Crippen molar-refractivity contribution in [1.29, 1.82) is 0 Å². The van der Waals surface area contributed by atoms with Crippen molar-refractivity contribution in [2.75, 3.05) is 6.61 Å². The third kappa shape index (κ3) is 4.08. The number of ketones is 1. The summed E-state index contributed by atoms with van der Waals surface area (Å²) in [5.74, 6) is -4.41. The van der Waals surface area contributed by atoms with Crippen LogP contribution in [0.3, 0.4) is 0 Å². The number of benzene rings is 1. The molecule has 2 bridgehead atoms. The lowest BCUT2D eigenvalue weighted by Gasteiger charge is -2.67. The molecular weight excluding hydrogens is 548 g/mol. The van der Waals surface area contributed by atoms with Gasteiger partial charge in [0.1, 0.15) is 17.8 Å². The Morgan fingerprint density at radius 1 is 1.00 bits per heavy atom. The largest absolute Gasteiger partial charge is 0.455 e.